The van der Waals surface area contributed by atoms with Gasteiger partial charge in [-0.15, -0.1) is 0 Å². The minimum absolute atomic E-state index is 0.0506. The van der Waals surface area contributed by atoms with E-state index < -0.39 is 0 Å². The zero-order valence-corrected chi connectivity index (χ0v) is 7.92. The zero-order chi connectivity index (χ0) is 9.68. The molecule has 2 nitrogen and oxygen atoms in total. The molecule has 1 N–H and O–H groups in total. The maximum absolute atomic E-state index is 11.3. The number of nitrogens with one attached hydrogen (secondary N) is 1. The lowest BCUT2D eigenvalue weighted by atomic mass is 10.1. The quantitative estimate of drug-likeness (QED) is 0.750. The molecule has 1 aromatic rings. The molecule has 0 aliphatic carbocycles. The summed E-state index contributed by atoms with van der Waals surface area (Å²) in [4.78, 5) is 11.3. The molecule has 2 radical (unpaired) electrons. The van der Waals surface area contributed by atoms with Crippen LogP contribution in [-0.2, 0) is 4.79 Å². The molecule has 0 spiro atoms. The smallest absolute Gasteiger partial charge is 0.224 e. The molecule has 0 fully saturated rings. The van der Waals surface area contributed by atoms with Crippen LogP contribution >= 0.6 is 0 Å². The Kier molecular flexibility index (Phi) is 3.50. The fourth-order valence-electron chi connectivity index (χ4n) is 1.01. The molecule has 0 heterocycles. The SMILES string of the molecule is CC(C)CC(=O)Nc1c[c][c]cc1. The third-order valence-corrected chi connectivity index (χ3v) is 1.53. The van der Waals surface area contributed by atoms with Crippen LogP contribution < -0.4 is 5.32 Å². The molecule has 0 aliphatic rings. The normalized spacial score (nSPS) is 10.1. The molecule has 1 amide bonds. The lowest BCUT2D eigenvalue weighted by Gasteiger charge is -2.05. The summed E-state index contributed by atoms with van der Waals surface area (Å²) in [7, 11) is 0. The zero-order valence-electron chi connectivity index (χ0n) is 7.92. The van der Waals surface area contributed by atoms with Gasteiger partial charge in [-0.25, -0.2) is 0 Å². The maximum Gasteiger partial charge on any atom is 0.224 e. The molecular weight excluding hydrogens is 162 g/mol. The van der Waals surface area contributed by atoms with Crippen LogP contribution in [-0.4, -0.2) is 5.91 Å². The van der Waals surface area contributed by atoms with Crippen LogP contribution in [0.1, 0.15) is 20.3 Å². The van der Waals surface area contributed by atoms with E-state index in [1.807, 2.05) is 13.8 Å². The van der Waals surface area contributed by atoms with Gasteiger partial charge in [-0.2, -0.15) is 0 Å². The van der Waals surface area contributed by atoms with E-state index in [1.165, 1.54) is 0 Å². The summed E-state index contributed by atoms with van der Waals surface area (Å²) in [6.45, 7) is 4.04. The number of hydrogen-bond acceptors (Lipinski definition) is 1. The molecule has 13 heavy (non-hydrogen) atoms. The van der Waals surface area contributed by atoms with Crippen LogP contribution in [0.15, 0.2) is 18.2 Å². The van der Waals surface area contributed by atoms with Crippen LogP contribution in [0.5, 0.6) is 0 Å². The van der Waals surface area contributed by atoms with Crippen LogP contribution in [0.4, 0.5) is 5.69 Å². The van der Waals surface area contributed by atoms with Crippen molar-refractivity contribution in [3.63, 3.8) is 0 Å². The van der Waals surface area contributed by atoms with Gasteiger partial charge < -0.3 is 5.32 Å². The largest absolute Gasteiger partial charge is 0.326 e. The summed E-state index contributed by atoms with van der Waals surface area (Å²) >= 11 is 0. The van der Waals surface area contributed by atoms with Crippen molar-refractivity contribution >= 4 is 11.6 Å². The van der Waals surface area contributed by atoms with E-state index in [0.29, 0.717) is 12.3 Å². The minimum Gasteiger partial charge on any atom is -0.326 e. The van der Waals surface area contributed by atoms with E-state index in [1.54, 1.807) is 18.2 Å². The fraction of sp³-hybridized carbons (Fsp3) is 0.364. The first-order valence-corrected chi connectivity index (χ1v) is 4.36. The van der Waals surface area contributed by atoms with Crippen molar-refractivity contribution in [3.05, 3.63) is 30.3 Å². The maximum atomic E-state index is 11.3. The number of amides is 1. The molecule has 0 atom stereocenters. The number of anilines is 1. The topological polar surface area (TPSA) is 29.1 Å². The second-order valence-electron chi connectivity index (χ2n) is 3.37. The molecule has 0 unspecified atom stereocenters. The van der Waals surface area contributed by atoms with E-state index >= 15 is 0 Å². The summed E-state index contributed by atoms with van der Waals surface area (Å²) in [6.07, 6.45) is 0.554. The third kappa shape index (κ3) is 3.74. The fourth-order valence-corrected chi connectivity index (χ4v) is 1.01. The van der Waals surface area contributed by atoms with Crippen molar-refractivity contribution in [3.8, 4) is 0 Å². The van der Waals surface area contributed by atoms with E-state index in [9.17, 15) is 4.79 Å². The van der Waals surface area contributed by atoms with Crippen molar-refractivity contribution in [2.24, 2.45) is 5.92 Å². The second kappa shape index (κ2) is 4.65. The van der Waals surface area contributed by atoms with Crippen LogP contribution in [0.2, 0.25) is 0 Å². The lowest BCUT2D eigenvalue weighted by Crippen LogP contribution is -2.13. The average Bonchev–Trinajstić information content (AvgIpc) is 2.04. The summed E-state index contributed by atoms with van der Waals surface area (Å²) in [5.41, 5.74) is 0.782. The first-order chi connectivity index (χ1) is 6.18. The Balaban J connectivity index is 2.46. The summed E-state index contributed by atoms with van der Waals surface area (Å²) < 4.78 is 0. The Labute approximate surface area is 79.0 Å². The van der Waals surface area contributed by atoms with Gasteiger partial charge in [0.05, 0.1) is 0 Å². The Morgan fingerprint density at radius 3 is 2.85 bits per heavy atom. The number of hydrogen-bond donors (Lipinski definition) is 1. The van der Waals surface area contributed by atoms with E-state index in [-0.39, 0.29) is 5.91 Å². The highest BCUT2D eigenvalue weighted by molar-refractivity contribution is 5.90. The molecule has 0 saturated heterocycles. The summed E-state index contributed by atoms with van der Waals surface area (Å²) in [5.74, 6) is 0.439. The highest BCUT2D eigenvalue weighted by atomic mass is 16.1. The number of carbonyl (C=O) groups is 1. The third-order valence-electron chi connectivity index (χ3n) is 1.53. The highest BCUT2D eigenvalue weighted by Crippen LogP contribution is 2.07. The van der Waals surface area contributed by atoms with Gasteiger partial charge in [0.15, 0.2) is 0 Å². The van der Waals surface area contributed by atoms with Crippen molar-refractivity contribution < 1.29 is 4.79 Å². The van der Waals surface area contributed by atoms with Gasteiger partial charge in [-0.3, -0.25) is 4.79 Å². The van der Waals surface area contributed by atoms with Gasteiger partial charge in [0.2, 0.25) is 5.91 Å². The molecule has 68 valence electrons. The molecule has 0 aromatic heterocycles. The Morgan fingerprint density at radius 1 is 1.54 bits per heavy atom. The van der Waals surface area contributed by atoms with Gasteiger partial charge >= 0.3 is 0 Å². The van der Waals surface area contributed by atoms with Crippen LogP contribution in [0.25, 0.3) is 0 Å². The van der Waals surface area contributed by atoms with Gasteiger partial charge in [0.1, 0.15) is 0 Å². The van der Waals surface area contributed by atoms with Crippen molar-refractivity contribution in [1.29, 1.82) is 0 Å². The summed E-state index contributed by atoms with van der Waals surface area (Å²) in [6, 6.07) is 10.8. The highest BCUT2D eigenvalue weighted by Gasteiger charge is 2.03. The van der Waals surface area contributed by atoms with Crippen LogP contribution in [0, 0.1) is 18.1 Å². The van der Waals surface area contributed by atoms with E-state index in [2.05, 4.69) is 17.4 Å². The standard InChI is InChI=1S/C11H13NO/c1-9(2)8-11(13)12-10-6-4-3-5-7-10/h4,6-7,9H,8H2,1-2H3,(H,12,13). The molecule has 1 rings (SSSR count). The Hall–Kier alpha value is -1.31. The van der Waals surface area contributed by atoms with Gasteiger partial charge in [-0.05, 0) is 30.2 Å². The predicted molar refractivity (Wildman–Crippen MR) is 52.2 cm³/mol. The molecule has 0 aliphatic heterocycles. The van der Waals surface area contributed by atoms with Gasteiger partial charge in [0, 0.05) is 12.1 Å². The van der Waals surface area contributed by atoms with Gasteiger partial charge in [0.25, 0.3) is 0 Å². The molecular formula is C11H13NO. The first-order valence-electron chi connectivity index (χ1n) is 4.36. The molecule has 0 saturated carbocycles. The molecule has 2 heteroatoms. The van der Waals surface area contributed by atoms with Gasteiger partial charge in [-0.1, -0.05) is 19.9 Å². The van der Waals surface area contributed by atoms with Crippen molar-refractivity contribution in [2.45, 2.75) is 20.3 Å². The lowest BCUT2D eigenvalue weighted by molar-refractivity contribution is -0.116. The van der Waals surface area contributed by atoms with Crippen molar-refractivity contribution in [1.82, 2.24) is 0 Å². The average molecular weight is 175 g/mol. The number of carbonyl (C=O) groups excluding carboxylic acids is 1. The Bertz CT molecular complexity index is 267. The molecule has 1 aromatic carbocycles. The van der Waals surface area contributed by atoms with E-state index in [4.69, 9.17) is 0 Å². The van der Waals surface area contributed by atoms with Crippen molar-refractivity contribution in [2.75, 3.05) is 5.32 Å². The number of benzene rings is 1. The Morgan fingerprint density at radius 2 is 2.31 bits per heavy atom. The first kappa shape index (κ1) is 9.78. The number of rotatable bonds is 3. The monoisotopic (exact) mass is 175 g/mol. The van der Waals surface area contributed by atoms with Crippen LogP contribution in [0.3, 0.4) is 0 Å². The minimum atomic E-state index is 0.0506. The summed E-state index contributed by atoms with van der Waals surface area (Å²) in [5, 5.41) is 2.78. The molecule has 0 bridgehead atoms. The van der Waals surface area contributed by atoms with E-state index in [0.717, 1.165) is 5.69 Å². The predicted octanol–water partition coefficient (Wildman–Crippen LogP) is 2.27. The second-order valence-corrected chi connectivity index (χ2v) is 3.37.